The second kappa shape index (κ2) is 14.4. The van der Waals surface area contributed by atoms with Crippen molar-refractivity contribution in [3.63, 3.8) is 0 Å². The first-order valence-electron chi connectivity index (χ1n) is 14.5. The number of carbonyl (C=O) groups excluding carboxylic acids is 2. The zero-order valence-corrected chi connectivity index (χ0v) is 25.6. The first kappa shape index (κ1) is 38.3. The number of halogens is 12. The summed E-state index contributed by atoms with van der Waals surface area (Å²) in [6.07, 6.45) is -23.8. The van der Waals surface area contributed by atoms with Crippen molar-refractivity contribution in [2.24, 2.45) is 0 Å². The van der Waals surface area contributed by atoms with E-state index in [9.17, 15) is 62.3 Å². The van der Waals surface area contributed by atoms with Gasteiger partial charge in [-0.1, -0.05) is 30.3 Å². The van der Waals surface area contributed by atoms with Gasteiger partial charge in [0, 0.05) is 24.9 Å². The molecular weight excluding hydrogens is 704 g/mol. The van der Waals surface area contributed by atoms with E-state index in [-0.39, 0.29) is 42.7 Å². The first-order valence-corrected chi connectivity index (χ1v) is 14.5. The maximum Gasteiger partial charge on any atom is 0.471 e. The number of hydrogen-bond donors (Lipinski definition) is 0. The highest BCUT2D eigenvalue weighted by atomic mass is 19.4. The van der Waals surface area contributed by atoms with Gasteiger partial charge in [-0.05, 0) is 65.9 Å². The molecule has 0 bridgehead atoms. The minimum Gasteiger partial charge on any atom is -0.453 e. The molecule has 0 spiro atoms. The van der Waals surface area contributed by atoms with Crippen LogP contribution in [0.2, 0.25) is 0 Å². The molecule has 50 heavy (non-hydrogen) atoms. The Morgan fingerprint density at radius 1 is 0.760 bits per heavy atom. The molecule has 2 atom stereocenters. The second-order valence-electron chi connectivity index (χ2n) is 11.2. The van der Waals surface area contributed by atoms with E-state index in [0.717, 1.165) is 7.11 Å². The number of anilines is 1. The predicted octanol–water partition coefficient (Wildman–Crippen LogP) is 9.33. The van der Waals surface area contributed by atoms with Crippen molar-refractivity contribution in [1.29, 1.82) is 0 Å². The average Bonchev–Trinajstić information content (AvgIpc) is 3.03. The molecule has 2 amide bonds. The van der Waals surface area contributed by atoms with Crippen LogP contribution in [0.3, 0.4) is 0 Å². The summed E-state index contributed by atoms with van der Waals surface area (Å²) in [5.41, 5.74) is -6.46. The van der Waals surface area contributed by atoms with E-state index in [0.29, 0.717) is 28.7 Å². The summed E-state index contributed by atoms with van der Waals surface area (Å²) in [7, 11) is 0.771. The van der Waals surface area contributed by atoms with Crippen molar-refractivity contribution in [3.8, 4) is 0 Å². The zero-order chi connectivity index (χ0) is 37.2. The van der Waals surface area contributed by atoms with Crippen molar-refractivity contribution in [2.75, 3.05) is 18.6 Å². The van der Waals surface area contributed by atoms with Gasteiger partial charge in [0.15, 0.2) is 0 Å². The number of fused-ring (bicyclic) bond motifs is 1. The molecule has 0 unspecified atom stereocenters. The Labute approximate surface area is 276 Å². The van der Waals surface area contributed by atoms with Crippen molar-refractivity contribution in [3.05, 3.63) is 100 Å². The van der Waals surface area contributed by atoms with E-state index in [1.165, 1.54) is 0 Å². The minimum absolute atomic E-state index is 0.0267. The fourth-order valence-electron chi connectivity index (χ4n) is 5.57. The van der Waals surface area contributed by atoms with Crippen LogP contribution >= 0.6 is 0 Å². The summed E-state index contributed by atoms with van der Waals surface area (Å²) in [4.78, 5) is 26.6. The summed E-state index contributed by atoms with van der Waals surface area (Å²) < 4.78 is 175. The number of hydrogen-bond acceptors (Lipinski definition) is 4. The number of nitrogens with zero attached hydrogens (tertiary/aromatic N) is 2. The third-order valence-corrected chi connectivity index (χ3v) is 7.79. The largest absolute Gasteiger partial charge is 0.471 e. The molecule has 0 N–H and O–H groups in total. The van der Waals surface area contributed by atoms with Gasteiger partial charge in [0.2, 0.25) is 0 Å². The van der Waals surface area contributed by atoms with Gasteiger partial charge in [0.05, 0.1) is 36.4 Å². The van der Waals surface area contributed by atoms with Crippen LogP contribution in [-0.4, -0.2) is 42.8 Å². The lowest BCUT2D eigenvalue weighted by Gasteiger charge is -2.44. The number of methoxy groups -OCH3 is 1. The summed E-state index contributed by atoms with van der Waals surface area (Å²) >= 11 is 0. The topological polar surface area (TPSA) is 59.1 Å². The molecule has 0 aliphatic carbocycles. The minimum atomic E-state index is -5.54. The maximum atomic E-state index is 13.9. The molecular formula is C32H26F12N2O4. The van der Waals surface area contributed by atoms with E-state index in [4.69, 9.17) is 9.47 Å². The monoisotopic (exact) mass is 730 g/mol. The molecule has 6 nitrogen and oxygen atoms in total. The number of carbonyl (C=O) groups is 2. The van der Waals surface area contributed by atoms with Gasteiger partial charge >= 0.3 is 36.7 Å². The standard InChI is InChI=1S/C32H26F12N2O4/c1-49-28(48)45(16-19-11-21(30(36,37)38)13-22(12-19)31(39,40)41)26-15-23(9-10-50-17-18-5-3-2-4-6-18)46(27(47)32(42,43)44)25-8-7-20(14-24(25)26)29(33,34)35/h2-8,11-14,23,26H,9-10,15-17H2,1H3/t23-,26+/m1/s1. The third-order valence-electron chi connectivity index (χ3n) is 7.79. The highest BCUT2D eigenvalue weighted by Crippen LogP contribution is 2.46. The summed E-state index contributed by atoms with van der Waals surface area (Å²) in [6, 6.07) is 6.87. The molecule has 3 aromatic rings. The molecule has 1 heterocycles. The Balaban J connectivity index is 1.85. The van der Waals surface area contributed by atoms with Gasteiger partial charge in [0.25, 0.3) is 0 Å². The van der Waals surface area contributed by atoms with Crippen LogP contribution in [0.4, 0.5) is 63.2 Å². The molecule has 0 aromatic heterocycles. The Bertz CT molecular complexity index is 1640. The summed E-state index contributed by atoms with van der Waals surface area (Å²) in [5.74, 6) is -2.47. The Morgan fingerprint density at radius 2 is 1.34 bits per heavy atom. The van der Waals surface area contributed by atoms with Crippen LogP contribution in [0.25, 0.3) is 0 Å². The Kier molecular flexibility index (Phi) is 11.0. The molecule has 3 aromatic carbocycles. The van der Waals surface area contributed by atoms with Crippen molar-refractivity contribution in [2.45, 2.75) is 62.8 Å². The molecule has 272 valence electrons. The smallest absolute Gasteiger partial charge is 0.453 e. The van der Waals surface area contributed by atoms with Crippen LogP contribution in [0.5, 0.6) is 0 Å². The van der Waals surface area contributed by atoms with Gasteiger partial charge in [-0.15, -0.1) is 0 Å². The SMILES string of the molecule is COC(=O)N(Cc1cc(C(F)(F)F)cc(C(F)(F)F)c1)[C@H]1C[C@@H](CCOCc2ccccc2)N(C(=O)C(F)(F)F)c2ccc(C(F)(F)F)cc21. The predicted molar refractivity (Wildman–Crippen MR) is 151 cm³/mol. The number of alkyl halides is 12. The van der Waals surface area contributed by atoms with Gasteiger partial charge in [-0.2, -0.15) is 52.7 Å². The van der Waals surface area contributed by atoms with Crippen LogP contribution in [0.15, 0.2) is 66.7 Å². The molecule has 0 saturated heterocycles. The maximum absolute atomic E-state index is 13.9. The van der Waals surface area contributed by atoms with Gasteiger partial charge in [-0.3, -0.25) is 9.69 Å². The van der Waals surface area contributed by atoms with Gasteiger partial charge in [-0.25, -0.2) is 4.79 Å². The van der Waals surface area contributed by atoms with Crippen molar-refractivity contribution in [1.82, 2.24) is 4.90 Å². The number of rotatable bonds is 8. The highest BCUT2D eigenvalue weighted by Gasteiger charge is 2.50. The third kappa shape index (κ3) is 9.00. The molecule has 0 fully saturated rings. The Morgan fingerprint density at radius 3 is 1.86 bits per heavy atom. The van der Waals surface area contributed by atoms with E-state index in [2.05, 4.69) is 0 Å². The molecule has 0 saturated carbocycles. The van der Waals surface area contributed by atoms with Crippen molar-refractivity contribution < 1.29 is 71.7 Å². The molecule has 1 aliphatic rings. The van der Waals surface area contributed by atoms with Crippen LogP contribution < -0.4 is 4.90 Å². The molecule has 1 aliphatic heterocycles. The lowest BCUT2D eigenvalue weighted by molar-refractivity contribution is -0.171. The molecule has 18 heteroatoms. The number of benzene rings is 3. The lowest BCUT2D eigenvalue weighted by atomic mass is 9.87. The van der Waals surface area contributed by atoms with Crippen LogP contribution in [-0.2, 0) is 45.9 Å². The quantitative estimate of drug-likeness (QED) is 0.171. The lowest BCUT2D eigenvalue weighted by Crippen LogP contribution is -2.53. The van der Waals surface area contributed by atoms with Crippen molar-refractivity contribution >= 4 is 17.7 Å². The normalized spacial score (nSPS) is 16.9. The van der Waals surface area contributed by atoms with Gasteiger partial charge < -0.3 is 14.4 Å². The fraction of sp³-hybridized carbons (Fsp3) is 0.375. The highest BCUT2D eigenvalue weighted by molar-refractivity contribution is 5.99. The first-order chi connectivity index (χ1) is 23.1. The number of amides is 2. The van der Waals surface area contributed by atoms with Crippen LogP contribution in [0, 0.1) is 0 Å². The van der Waals surface area contributed by atoms with E-state index in [1.807, 2.05) is 0 Å². The number of ether oxygens (including phenoxy) is 2. The Hall–Kier alpha value is -4.48. The molecule has 4 rings (SSSR count). The van der Waals surface area contributed by atoms with E-state index >= 15 is 0 Å². The van der Waals surface area contributed by atoms with Crippen LogP contribution in [0.1, 0.15) is 52.3 Å². The van der Waals surface area contributed by atoms with E-state index in [1.54, 1.807) is 30.3 Å². The fourth-order valence-corrected chi connectivity index (χ4v) is 5.57. The summed E-state index contributed by atoms with van der Waals surface area (Å²) in [6.45, 7) is -1.46. The van der Waals surface area contributed by atoms with Gasteiger partial charge in [0.1, 0.15) is 0 Å². The summed E-state index contributed by atoms with van der Waals surface area (Å²) in [5, 5.41) is 0. The van der Waals surface area contributed by atoms with E-state index < -0.39 is 95.3 Å². The average molecular weight is 731 g/mol. The second-order valence-corrected chi connectivity index (χ2v) is 11.2. The molecule has 0 radical (unpaired) electrons. The zero-order valence-electron chi connectivity index (χ0n) is 25.6.